The number of nitrogens with one attached hydrogen (secondary N) is 1. The zero-order valence-electron chi connectivity index (χ0n) is 11.5. The second-order valence-corrected chi connectivity index (χ2v) is 6.29. The number of hydrogen-bond donors (Lipinski definition) is 1. The van der Waals surface area contributed by atoms with E-state index in [0.717, 1.165) is 21.9 Å². The summed E-state index contributed by atoms with van der Waals surface area (Å²) >= 11 is 4.76. The summed E-state index contributed by atoms with van der Waals surface area (Å²) in [5, 5.41) is 5.28. The molecule has 0 atom stereocenters. The molecule has 21 heavy (non-hydrogen) atoms. The van der Waals surface area contributed by atoms with E-state index in [4.69, 9.17) is 4.74 Å². The third-order valence-corrected chi connectivity index (χ3v) is 4.60. The fourth-order valence-corrected chi connectivity index (χ4v) is 3.22. The first kappa shape index (κ1) is 14.3. The van der Waals surface area contributed by atoms with E-state index in [2.05, 4.69) is 26.2 Å². The summed E-state index contributed by atoms with van der Waals surface area (Å²) in [4.78, 5) is 5.30. The van der Waals surface area contributed by atoms with Crippen molar-refractivity contribution in [1.29, 1.82) is 0 Å². The van der Waals surface area contributed by atoms with Crippen molar-refractivity contribution in [3.63, 3.8) is 0 Å². The maximum Gasteiger partial charge on any atom is 0.238 e. The van der Waals surface area contributed by atoms with Gasteiger partial charge < -0.3 is 10.1 Å². The first-order valence-corrected chi connectivity index (χ1v) is 7.95. The van der Waals surface area contributed by atoms with Crippen LogP contribution in [0.2, 0.25) is 0 Å². The number of halogens is 2. The first-order chi connectivity index (χ1) is 10.1. The lowest BCUT2D eigenvalue weighted by atomic mass is 10.2. The average molecular weight is 370 g/mol. The van der Waals surface area contributed by atoms with Crippen molar-refractivity contribution in [2.75, 3.05) is 12.4 Å². The Balaban J connectivity index is 1.89. The number of imidazole rings is 1. The second kappa shape index (κ2) is 5.65. The summed E-state index contributed by atoms with van der Waals surface area (Å²) in [6.07, 6.45) is 1.96. The van der Waals surface area contributed by atoms with E-state index in [9.17, 15) is 4.39 Å². The number of nitrogens with zero attached hydrogens (tertiary/aromatic N) is 2. The fraction of sp³-hybridized carbons (Fsp3) is 0.214. The lowest BCUT2D eigenvalue weighted by Gasteiger charge is -2.11. The van der Waals surface area contributed by atoms with Crippen molar-refractivity contribution in [2.24, 2.45) is 0 Å². The molecule has 2 heterocycles. The van der Waals surface area contributed by atoms with Crippen LogP contribution in [0.3, 0.4) is 0 Å². The van der Waals surface area contributed by atoms with Crippen molar-refractivity contribution in [3.8, 4) is 5.88 Å². The molecule has 2 aromatic heterocycles. The van der Waals surface area contributed by atoms with Crippen LogP contribution < -0.4 is 10.1 Å². The highest BCUT2D eigenvalue weighted by molar-refractivity contribution is 9.10. The molecule has 3 aromatic rings. The fourth-order valence-electron chi connectivity index (χ4n) is 2.15. The van der Waals surface area contributed by atoms with Crippen LogP contribution in [-0.4, -0.2) is 16.5 Å². The van der Waals surface area contributed by atoms with Gasteiger partial charge in [0.2, 0.25) is 5.88 Å². The Kier molecular flexibility index (Phi) is 3.86. The van der Waals surface area contributed by atoms with E-state index >= 15 is 0 Å². The number of ether oxygens (including phenoxy) is 1. The standard InChI is InChI=1S/C14H13BrFN3OS/c1-8-5-10(16)9(15)6-11(8)17-7-12-13(20-2)18-14-19(12)3-4-21-14/h3-6,17H,7H2,1-2H3. The summed E-state index contributed by atoms with van der Waals surface area (Å²) in [6, 6.07) is 3.24. The highest BCUT2D eigenvalue weighted by Gasteiger charge is 2.14. The number of aryl methyl sites for hydroxylation is 1. The normalized spacial score (nSPS) is 11.0. The van der Waals surface area contributed by atoms with Crippen LogP contribution in [0.5, 0.6) is 5.88 Å². The smallest absolute Gasteiger partial charge is 0.238 e. The first-order valence-electron chi connectivity index (χ1n) is 6.28. The van der Waals surface area contributed by atoms with E-state index in [1.807, 2.05) is 22.9 Å². The number of aromatic nitrogens is 2. The second-order valence-electron chi connectivity index (χ2n) is 4.56. The molecular formula is C14H13BrFN3OS. The van der Waals surface area contributed by atoms with Crippen LogP contribution in [-0.2, 0) is 6.54 Å². The molecule has 0 unspecified atom stereocenters. The maximum atomic E-state index is 13.5. The molecule has 0 saturated carbocycles. The zero-order chi connectivity index (χ0) is 15.0. The van der Waals surface area contributed by atoms with Gasteiger partial charge in [0.15, 0.2) is 4.96 Å². The number of rotatable bonds is 4. The largest absolute Gasteiger partial charge is 0.480 e. The van der Waals surface area contributed by atoms with Gasteiger partial charge in [-0.1, -0.05) is 0 Å². The van der Waals surface area contributed by atoms with Crippen LogP contribution in [0.15, 0.2) is 28.2 Å². The lowest BCUT2D eigenvalue weighted by molar-refractivity contribution is 0.395. The van der Waals surface area contributed by atoms with E-state index in [1.165, 1.54) is 6.07 Å². The van der Waals surface area contributed by atoms with Gasteiger partial charge in [-0.2, -0.15) is 4.98 Å². The molecule has 3 rings (SSSR count). The minimum absolute atomic E-state index is 0.264. The molecule has 7 heteroatoms. The molecule has 0 spiro atoms. The molecule has 0 saturated heterocycles. The van der Waals surface area contributed by atoms with E-state index in [0.29, 0.717) is 16.9 Å². The van der Waals surface area contributed by atoms with Crippen molar-refractivity contribution in [2.45, 2.75) is 13.5 Å². The van der Waals surface area contributed by atoms with Crippen LogP contribution in [0.4, 0.5) is 10.1 Å². The van der Waals surface area contributed by atoms with Gasteiger partial charge in [-0.25, -0.2) is 4.39 Å². The summed E-state index contributed by atoms with van der Waals surface area (Å²) in [7, 11) is 1.61. The van der Waals surface area contributed by atoms with Gasteiger partial charge in [0.05, 0.1) is 18.1 Å². The number of benzene rings is 1. The van der Waals surface area contributed by atoms with Crippen molar-refractivity contribution < 1.29 is 9.13 Å². The quantitative estimate of drug-likeness (QED) is 0.747. The SMILES string of the molecule is COc1nc2sccn2c1CNc1cc(Br)c(F)cc1C. The van der Waals surface area contributed by atoms with Gasteiger partial charge in [0, 0.05) is 17.3 Å². The Morgan fingerprint density at radius 1 is 1.48 bits per heavy atom. The minimum atomic E-state index is -0.264. The molecule has 0 aliphatic carbocycles. The van der Waals surface area contributed by atoms with Crippen LogP contribution in [0, 0.1) is 12.7 Å². The molecule has 4 nitrogen and oxygen atoms in total. The Hall–Kier alpha value is -1.60. The molecule has 0 aliphatic heterocycles. The summed E-state index contributed by atoms with van der Waals surface area (Å²) in [5.74, 6) is 0.341. The predicted molar refractivity (Wildman–Crippen MR) is 85.8 cm³/mol. The molecule has 1 aromatic carbocycles. The van der Waals surface area contributed by atoms with Crippen molar-refractivity contribution in [1.82, 2.24) is 9.38 Å². The number of hydrogen-bond acceptors (Lipinski definition) is 4. The van der Waals surface area contributed by atoms with Gasteiger partial charge in [0.25, 0.3) is 0 Å². The van der Waals surface area contributed by atoms with Gasteiger partial charge in [0.1, 0.15) is 11.5 Å². The Bertz CT molecular complexity index is 799. The molecule has 1 N–H and O–H groups in total. The molecule has 110 valence electrons. The monoisotopic (exact) mass is 369 g/mol. The summed E-state index contributed by atoms with van der Waals surface area (Å²) in [5.41, 5.74) is 2.66. The van der Waals surface area contributed by atoms with Gasteiger partial charge in [-0.05, 0) is 40.5 Å². The van der Waals surface area contributed by atoms with E-state index < -0.39 is 0 Å². The van der Waals surface area contributed by atoms with Crippen molar-refractivity contribution >= 4 is 37.9 Å². The maximum absolute atomic E-state index is 13.5. The average Bonchev–Trinajstić information content (AvgIpc) is 3.02. The van der Waals surface area contributed by atoms with Gasteiger partial charge in [-0.3, -0.25) is 4.40 Å². The number of thiazole rings is 1. The van der Waals surface area contributed by atoms with Crippen LogP contribution in [0.1, 0.15) is 11.3 Å². The third kappa shape index (κ3) is 2.63. The molecular weight excluding hydrogens is 357 g/mol. The number of methoxy groups -OCH3 is 1. The van der Waals surface area contributed by atoms with Gasteiger partial charge >= 0.3 is 0 Å². The Labute approximate surface area is 133 Å². The summed E-state index contributed by atoms with van der Waals surface area (Å²) in [6.45, 7) is 2.41. The molecule has 0 bridgehead atoms. The molecule has 0 aliphatic rings. The minimum Gasteiger partial charge on any atom is -0.480 e. The van der Waals surface area contributed by atoms with Crippen LogP contribution in [0.25, 0.3) is 4.96 Å². The van der Waals surface area contributed by atoms with Gasteiger partial charge in [-0.15, -0.1) is 11.3 Å². The number of fused-ring (bicyclic) bond motifs is 1. The molecule has 0 fully saturated rings. The predicted octanol–water partition coefficient (Wildman–Crippen LogP) is 4.23. The molecule has 0 radical (unpaired) electrons. The van der Waals surface area contributed by atoms with E-state index in [1.54, 1.807) is 24.5 Å². The highest BCUT2D eigenvalue weighted by Crippen LogP contribution is 2.27. The molecule has 0 amide bonds. The van der Waals surface area contributed by atoms with Crippen molar-refractivity contribution in [3.05, 3.63) is 45.3 Å². The van der Waals surface area contributed by atoms with E-state index in [-0.39, 0.29) is 5.82 Å². The zero-order valence-corrected chi connectivity index (χ0v) is 13.9. The summed E-state index contributed by atoms with van der Waals surface area (Å²) < 4.78 is 21.2. The number of anilines is 1. The topological polar surface area (TPSA) is 38.6 Å². The highest BCUT2D eigenvalue weighted by atomic mass is 79.9. The van der Waals surface area contributed by atoms with Crippen LogP contribution >= 0.6 is 27.3 Å². The third-order valence-electron chi connectivity index (χ3n) is 3.23. The lowest BCUT2D eigenvalue weighted by Crippen LogP contribution is -2.05. The Morgan fingerprint density at radius 2 is 2.29 bits per heavy atom. The Morgan fingerprint density at radius 3 is 3.05 bits per heavy atom.